The Morgan fingerprint density at radius 2 is 1.74 bits per heavy atom. The minimum Gasteiger partial charge on any atom is -0.439 e. The van der Waals surface area contributed by atoms with Crippen LogP contribution >= 0.6 is 15.9 Å². The highest BCUT2D eigenvalue weighted by Crippen LogP contribution is 2.33. The van der Waals surface area contributed by atoms with Crippen molar-refractivity contribution in [2.45, 2.75) is 0 Å². The predicted molar refractivity (Wildman–Crippen MR) is 76.1 cm³/mol. The van der Waals surface area contributed by atoms with Crippen LogP contribution in [0.5, 0.6) is 17.4 Å². The molecule has 0 fully saturated rings. The fourth-order valence-electron chi connectivity index (χ4n) is 1.80. The van der Waals surface area contributed by atoms with Gasteiger partial charge in [-0.3, -0.25) is 5.11 Å². The molecule has 1 aromatic heterocycles. The molecule has 0 bridgehead atoms. The van der Waals surface area contributed by atoms with Crippen molar-refractivity contribution in [3.63, 3.8) is 0 Å². The average Bonchev–Trinajstić information content (AvgIpc) is 2.44. The first-order valence-electron chi connectivity index (χ1n) is 5.73. The number of ether oxygens (including phenoxy) is 1. The fourth-order valence-corrected chi connectivity index (χ4v) is 2.14. The van der Waals surface area contributed by atoms with Crippen LogP contribution in [0, 0.1) is 0 Å². The first kappa shape index (κ1) is 12.0. The lowest BCUT2D eigenvalue weighted by Gasteiger charge is -2.06. The standard InChI is InChI=1S/C15H9BrNO2/c16-12-7-8-13-11(15(12)18)6-9-14(17-13)19-10-4-2-1-3-5-10/h1-9H. The summed E-state index contributed by atoms with van der Waals surface area (Å²) in [6.07, 6.45) is 0. The van der Waals surface area contributed by atoms with E-state index in [1.165, 1.54) is 0 Å². The largest absolute Gasteiger partial charge is 0.439 e. The maximum absolute atomic E-state index is 11.9. The number of hydrogen-bond acceptors (Lipinski definition) is 2. The highest BCUT2D eigenvalue weighted by Gasteiger charge is 2.08. The third kappa shape index (κ3) is 2.39. The van der Waals surface area contributed by atoms with Crippen LogP contribution in [0.25, 0.3) is 10.9 Å². The Labute approximate surface area is 118 Å². The smallest absolute Gasteiger partial charge is 0.219 e. The van der Waals surface area contributed by atoms with Gasteiger partial charge in [-0.15, -0.1) is 0 Å². The molecule has 93 valence electrons. The fraction of sp³-hybridized carbons (Fsp3) is 0. The third-order valence-corrected chi connectivity index (χ3v) is 3.34. The van der Waals surface area contributed by atoms with Gasteiger partial charge >= 0.3 is 0 Å². The Balaban J connectivity index is 2.01. The lowest BCUT2D eigenvalue weighted by atomic mass is 10.2. The van der Waals surface area contributed by atoms with Gasteiger partial charge in [0.1, 0.15) is 5.75 Å². The Kier molecular flexibility index (Phi) is 3.09. The SMILES string of the molecule is [O]c1c(Br)ccc2nc(Oc3ccccc3)ccc12. The first-order valence-corrected chi connectivity index (χ1v) is 6.52. The van der Waals surface area contributed by atoms with Crippen molar-refractivity contribution in [3.8, 4) is 17.4 Å². The number of benzene rings is 2. The topological polar surface area (TPSA) is 42.0 Å². The second kappa shape index (κ2) is 4.90. The first-order chi connectivity index (χ1) is 9.24. The van der Waals surface area contributed by atoms with E-state index in [1.807, 2.05) is 30.3 Å². The maximum Gasteiger partial charge on any atom is 0.219 e. The maximum atomic E-state index is 11.9. The molecule has 0 amide bonds. The van der Waals surface area contributed by atoms with E-state index in [0.29, 0.717) is 27.0 Å². The molecule has 0 saturated heterocycles. The van der Waals surface area contributed by atoms with Crippen LogP contribution in [0.3, 0.4) is 0 Å². The quantitative estimate of drug-likeness (QED) is 0.672. The molecule has 3 rings (SSSR count). The van der Waals surface area contributed by atoms with E-state index in [4.69, 9.17) is 4.74 Å². The van der Waals surface area contributed by atoms with Crippen molar-refractivity contribution in [1.82, 2.24) is 4.98 Å². The second-order valence-corrected chi connectivity index (χ2v) is 4.86. The second-order valence-electron chi connectivity index (χ2n) is 4.01. The number of aromatic nitrogens is 1. The van der Waals surface area contributed by atoms with Gasteiger partial charge in [-0.25, -0.2) is 4.98 Å². The molecule has 0 unspecified atom stereocenters. The van der Waals surface area contributed by atoms with Crippen LogP contribution in [-0.4, -0.2) is 4.98 Å². The van der Waals surface area contributed by atoms with Crippen LogP contribution in [-0.2, 0) is 5.11 Å². The predicted octanol–water partition coefficient (Wildman–Crippen LogP) is 4.93. The van der Waals surface area contributed by atoms with Gasteiger partial charge in [-0.2, -0.15) is 0 Å². The molecule has 0 aliphatic rings. The van der Waals surface area contributed by atoms with Gasteiger partial charge in [-0.1, -0.05) is 18.2 Å². The van der Waals surface area contributed by atoms with Crippen molar-refractivity contribution in [2.24, 2.45) is 0 Å². The normalized spacial score (nSPS) is 10.6. The molecule has 19 heavy (non-hydrogen) atoms. The van der Waals surface area contributed by atoms with E-state index in [-0.39, 0.29) is 5.75 Å². The van der Waals surface area contributed by atoms with Gasteiger partial charge < -0.3 is 4.74 Å². The van der Waals surface area contributed by atoms with Crippen molar-refractivity contribution in [3.05, 3.63) is 59.1 Å². The molecule has 1 heterocycles. The van der Waals surface area contributed by atoms with Gasteiger partial charge in [0.2, 0.25) is 11.6 Å². The molecule has 4 heteroatoms. The molecule has 0 spiro atoms. The van der Waals surface area contributed by atoms with Gasteiger partial charge in [-0.05, 0) is 46.3 Å². The summed E-state index contributed by atoms with van der Waals surface area (Å²) in [7, 11) is 0. The summed E-state index contributed by atoms with van der Waals surface area (Å²) in [5.74, 6) is 1.13. The molecule has 0 N–H and O–H groups in total. The third-order valence-electron chi connectivity index (χ3n) is 2.71. The molecular formula is C15H9BrNO2. The monoisotopic (exact) mass is 314 g/mol. The number of fused-ring (bicyclic) bond motifs is 1. The van der Waals surface area contributed by atoms with Crippen molar-refractivity contribution in [1.29, 1.82) is 0 Å². The van der Waals surface area contributed by atoms with E-state index in [2.05, 4.69) is 20.9 Å². The molecule has 2 aromatic carbocycles. The van der Waals surface area contributed by atoms with Crippen LogP contribution in [0.4, 0.5) is 0 Å². The van der Waals surface area contributed by atoms with E-state index in [0.717, 1.165) is 0 Å². The van der Waals surface area contributed by atoms with Crippen LogP contribution in [0.1, 0.15) is 0 Å². The van der Waals surface area contributed by atoms with E-state index < -0.39 is 0 Å². The van der Waals surface area contributed by atoms with Crippen LogP contribution in [0.15, 0.2) is 59.1 Å². The van der Waals surface area contributed by atoms with E-state index >= 15 is 0 Å². The zero-order valence-corrected chi connectivity index (χ0v) is 11.4. The summed E-state index contributed by atoms with van der Waals surface area (Å²) in [5.41, 5.74) is 0.627. The zero-order chi connectivity index (χ0) is 13.2. The number of hydrogen-bond donors (Lipinski definition) is 0. The molecule has 0 saturated carbocycles. The Morgan fingerprint density at radius 1 is 0.947 bits per heavy atom. The number of nitrogens with zero attached hydrogens (tertiary/aromatic N) is 1. The number of pyridine rings is 1. The minimum atomic E-state index is -0.0590. The van der Waals surface area contributed by atoms with E-state index in [1.54, 1.807) is 24.3 Å². The van der Waals surface area contributed by atoms with Gasteiger partial charge in [0.05, 0.1) is 9.99 Å². The highest BCUT2D eigenvalue weighted by atomic mass is 79.9. The number of halogens is 1. The van der Waals surface area contributed by atoms with Crippen molar-refractivity contribution >= 4 is 26.8 Å². The van der Waals surface area contributed by atoms with Gasteiger partial charge in [0.25, 0.3) is 0 Å². The van der Waals surface area contributed by atoms with Crippen molar-refractivity contribution in [2.75, 3.05) is 0 Å². The van der Waals surface area contributed by atoms with Gasteiger partial charge in [0, 0.05) is 11.5 Å². The Hall–Kier alpha value is -2.07. The molecular weight excluding hydrogens is 306 g/mol. The molecule has 3 aromatic rings. The summed E-state index contributed by atoms with van der Waals surface area (Å²) in [4.78, 5) is 4.33. The van der Waals surface area contributed by atoms with Crippen LogP contribution < -0.4 is 4.74 Å². The average molecular weight is 315 g/mol. The zero-order valence-electron chi connectivity index (χ0n) is 9.84. The molecule has 0 aliphatic heterocycles. The summed E-state index contributed by atoms with van der Waals surface area (Å²) in [6, 6.07) is 16.3. The summed E-state index contributed by atoms with van der Waals surface area (Å²) in [5, 5.41) is 12.4. The molecule has 0 atom stereocenters. The minimum absolute atomic E-state index is 0.0590. The lowest BCUT2D eigenvalue weighted by Crippen LogP contribution is -1.88. The summed E-state index contributed by atoms with van der Waals surface area (Å²) >= 11 is 3.22. The highest BCUT2D eigenvalue weighted by molar-refractivity contribution is 9.10. The molecule has 3 nitrogen and oxygen atoms in total. The lowest BCUT2D eigenvalue weighted by molar-refractivity contribution is 0.357. The Bertz CT molecular complexity index is 729. The summed E-state index contributed by atoms with van der Waals surface area (Å²) < 4.78 is 6.17. The van der Waals surface area contributed by atoms with Gasteiger partial charge in [0.15, 0.2) is 0 Å². The van der Waals surface area contributed by atoms with E-state index in [9.17, 15) is 5.11 Å². The Morgan fingerprint density at radius 3 is 2.53 bits per heavy atom. The number of rotatable bonds is 2. The number of para-hydroxylation sites is 1. The molecule has 1 radical (unpaired) electrons. The summed E-state index contributed by atoms with van der Waals surface area (Å²) in [6.45, 7) is 0. The van der Waals surface area contributed by atoms with Crippen molar-refractivity contribution < 1.29 is 9.84 Å². The van der Waals surface area contributed by atoms with Crippen LogP contribution in [0.2, 0.25) is 0 Å². The molecule has 0 aliphatic carbocycles.